The second kappa shape index (κ2) is 5.76. The molecule has 1 fully saturated rings. The average molecular weight is 302 g/mol. The summed E-state index contributed by atoms with van der Waals surface area (Å²) in [6.07, 6.45) is 3.80. The molecule has 0 radical (unpaired) electrons. The number of nitrogens with one attached hydrogen (secondary N) is 1. The molecule has 0 bridgehead atoms. The summed E-state index contributed by atoms with van der Waals surface area (Å²) in [6.45, 7) is 2.65. The molecule has 2 N–H and O–H groups in total. The van der Waals surface area contributed by atoms with Crippen molar-refractivity contribution in [2.75, 3.05) is 19.7 Å². The molecule has 0 saturated carbocycles. The number of imidazole rings is 1. The highest BCUT2D eigenvalue weighted by Gasteiger charge is 2.33. The van der Waals surface area contributed by atoms with Crippen molar-refractivity contribution in [3.8, 4) is 0 Å². The van der Waals surface area contributed by atoms with Crippen LogP contribution in [0.1, 0.15) is 22.5 Å². The minimum Gasteiger partial charge on any atom is -0.396 e. The first kappa shape index (κ1) is 14.5. The number of aliphatic hydroxyl groups is 1. The SMILES string of the molecule is Cc1ccc2nc(C(=O)N3CCNC(=O)[C@H]3CCO)cn2c1. The van der Waals surface area contributed by atoms with Crippen molar-refractivity contribution < 1.29 is 14.7 Å². The first-order chi connectivity index (χ1) is 10.6. The number of nitrogens with zero attached hydrogens (tertiary/aromatic N) is 3. The van der Waals surface area contributed by atoms with Crippen molar-refractivity contribution in [2.45, 2.75) is 19.4 Å². The molecule has 0 unspecified atom stereocenters. The van der Waals surface area contributed by atoms with Gasteiger partial charge in [0.25, 0.3) is 5.91 Å². The van der Waals surface area contributed by atoms with E-state index in [0.29, 0.717) is 24.4 Å². The van der Waals surface area contributed by atoms with Gasteiger partial charge in [0, 0.05) is 32.1 Å². The van der Waals surface area contributed by atoms with Crippen molar-refractivity contribution in [3.05, 3.63) is 35.8 Å². The van der Waals surface area contributed by atoms with Gasteiger partial charge in [0.15, 0.2) is 0 Å². The van der Waals surface area contributed by atoms with E-state index in [-0.39, 0.29) is 24.8 Å². The van der Waals surface area contributed by atoms with Crippen LogP contribution in [0.3, 0.4) is 0 Å². The standard InChI is InChI=1S/C15H18N4O3/c1-10-2-3-13-17-11(9-18(13)8-10)15(22)19-6-5-16-14(21)12(19)4-7-20/h2-3,8-9,12,20H,4-7H2,1H3,(H,16,21)/t12-/m1/s1. The number of fused-ring (bicyclic) bond motifs is 1. The summed E-state index contributed by atoms with van der Waals surface area (Å²) in [6, 6.07) is 3.14. The van der Waals surface area contributed by atoms with Crippen LogP contribution in [-0.2, 0) is 4.79 Å². The number of rotatable bonds is 3. The highest BCUT2D eigenvalue weighted by atomic mass is 16.3. The van der Waals surface area contributed by atoms with E-state index in [0.717, 1.165) is 5.56 Å². The third kappa shape index (κ3) is 2.55. The molecule has 1 saturated heterocycles. The molecule has 2 aromatic rings. The van der Waals surface area contributed by atoms with Gasteiger partial charge in [-0.1, -0.05) is 6.07 Å². The summed E-state index contributed by atoms with van der Waals surface area (Å²) < 4.78 is 1.80. The smallest absolute Gasteiger partial charge is 0.274 e. The van der Waals surface area contributed by atoms with Gasteiger partial charge in [0.2, 0.25) is 5.91 Å². The van der Waals surface area contributed by atoms with Gasteiger partial charge in [-0.3, -0.25) is 9.59 Å². The van der Waals surface area contributed by atoms with Gasteiger partial charge in [-0.2, -0.15) is 0 Å². The fourth-order valence-electron chi connectivity index (χ4n) is 2.72. The van der Waals surface area contributed by atoms with Crippen molar-refractivity contribution >= 4 is 17.5 Å². The molecule has 1 aliphatic heterocycles. The lowest BCUT2D eigenvalue weighted by Gasteiger charge is -2.34. The quantitative estimate of drug-likeness (QED) is 0.833. The Balaban J connectivity index is 1.91. The fraction of sp³-hybridized carbons (Fsp3) is 0.400. The number of carbonyl (C=O) groups excluding carboxylic acids is 2. The van der Waals surface area contributed by atoms with Gasteiger partial charge in [0.1, 0.15) is 17.4 Å². The summed E-state index contributed by atoms with van der Waals surface area (Å²) in [5.74, 6) is -0.511. The molecule has 0 aromatic carbocycles. The molecule has 116 valence electrons. The molecule has 0 spiro atoms. The number of aliphatic hydroxyl groups excluding tert-OH is 1. The maximum Gasteiger partial charge on any atom is 0.274 e. The summed E-state index contributed by atoms with van der Waals surface area (Å²) in [5, 5.41) is 11.8. The van der Waals surface area contributed by atoms with Crippen molar-refractivity contribution in [2.24, 2.45) is 0 Å². The van der Waals surface area contributed by atoms with Crippen LogP contribution in [0, 0.1) is 6.92 Å². The lowest BCUT2D eigenvalue weighted by Crippen LogP contribution is -2.57. The highest BCUT2D eigenvalue weighted by molar-refractivity contribution is 5.97. The first-order valence-electron chi connectivity index (χ1n) is 7.25. The normalized spacial score (nSPS) is 18.5. The van der Waals surface area contributed by atoms with E-state index in [4.69, 9.17) is 5.11 Å². The van der Waals surface area contributed by atoms with E-state index in [9.17, 15) is 9.59 Å². The molecule has 1 aliphatic rings. The Morgan fingerprint density at radius 3 is 3.05 bits per heavy atom. The highest BCUT2D eigenvalue weighted by Crippen LogP contribution is 2.15. The van der Waals surface area contributed by atoms with Crippen LogP contribution < -0.4 is 5.32 Å². The number of aromatic nitrogens is 2. The van der Waals surface area contributed by atoms with E-state index in [1.165, 1.54) is 4.90 Å². The van der Waals surface area contributed by atoms with Crippen LogP contribution >= 0.6 is 0 Å². The number of carbonyl (C=O) groups is 2. The topological polar surface area (TPSA) is 86.9 Å². The number of pyridine rings is 1. The summed E-state index contributed by atoms with van der Waals surface area (Å²) >= 11 is 0. The third-order valence-corrected chi connectivity index (χ3v) is 3.81. The monoisotopic (exact) mass is 302 g/mol. The molecule has 3 rings (SSSR count). The molecule has 0 aliphatic carbocycles. The molecule has 7 nitrogen and oxygen atoms in total. The Hall–Kier alpha value is -2.41. The van der Waals surface area contributed by atoms with Crippen LogP contribution in [-0.4, -0.2) is 56.9 Å². The van der Waals surface area contributed by atoms with Gasteiger partial charge in [0.05, 0.1) is 0 Å². The van der Waals surface area contributed by atoms with E-state index < -0.39 is 6.04 Å². The predicted octanol–water partition coefficient (Wildman–Crippen LogP) is -0.0343. The van der Waals surface area contributed by atoms with Crippen LogP contribution in [0.15, 0.2) is 24.5 Å². The maximum absolute atomic E-state index is 12.7. The van der Waals surface area contributed by atoms with E-state index in [1.54, 1.807) is 10.6 Å². The Morgan fingerprint density at radius 2 is 2.27 bits per heavy atom. The molecule has 1 atom stereocenters. The third-order valence-electron chi connectivity index (χ3n) is 3.81. The van der Waals surface area contributed by atoms with E-state index in [1.807, 2.05) is 25.3 Å². The number of amides is 2. The zero-order chi connectivity index (χ0) is 15.7. The summed E-state index contributed by atoms with van der Waals surface area (Å²) in [4.78, 5) is 30.4. The summed E-state index contributed by atoms with van der Waals surface area (Å²) in [5.41, 5.74) is 2.07. The Labute approximate surface area is 127 Å². The van der Waals surface area contributed by atoms with Crippen molar-refractivity contribution in [3.63, 3.8) is 0 Å². The second-order valence-electron chi connectivity index (χ2n) is 5.42. The van der Waals surface area contributed by atoms with Gasteiger partial charge >= 0.3 is 0 Å². The van der Waals surface area contributed by atoms with Crippen LogP contribution in [0.4, 0.5) is 0 Å². The number of aryl methyl sites for hydroxylation is 1. The molecule has 7 heteroatoms. The zero-order valence-electron chi connectivity index (χ0n) is 12.3. The predicted molar refractivity (Wildman–Crippen MR) is 79.5 cm³/mol. The molecule has 3 heterocycles. The molecular weight excluding hydrogens is 284 g/mol. The summed E-state index contributed by atoms with van der Waals surface area (Å²) in [7, 11) is 0. The minimum atomic E-state index is -0.641. The molecule has 2 aromatic heterocycles. The molecule has 22 heavy (non-hydrogen) atoms. The zero-order valence-corrected chi connectivity index (χ0v) is 12.3. The van der Waals surface area contributed by atoms with Crippen molar-refractivity contribution in [1.29, 1.82) is 0 Å². The van der Waals surface area contributed by atoms with Gasteiger partial charge in [-0.05, 0) is 25.0 Å². The largest absolute Gasteiger partial charge is 0.396 e. The minimum absolute atomic E-state index is 0.147. The maximum atomic E-state index is 12.7. The lowest BCUT2D eigenvalue weighted by atomic mass is 10.1. The van der Waals surface area contributed by atoms with Crippen LogP contribution in [0.25, 0.3) is 5.65 Å². The number of hydrogen-bond donors (Lipinski definition) is 2. The lowest BCUT2D eigenvalue weighted by molar-refractivity contribution is -0.128. The average Bonchev–Trinajstić information content (AvgIpc) is 2.91. The fourth-order valence-corrected chi connectivity index (χ4v) is 2.72. The van der Waals surface area contributed by atoms with Crippen LogP contribution in [0.2, 0.25) is 0 Å². The molecular formula is C15H18N4O3. The molecule has 2 amide bonds. The Kier molecular flexibility index (Phi) is 3.81. The second-order valence-corrected chi connectivity index (χ2v) is 5.42. The van der Waals surface area contributed by atoms with Gasteiger partial charge in [-0.25, -0.2) is 4.98 Å². The van der Waals surface area contributed by atoms with Gasteiger partial charge in [-0.15, -0.1) is 0 Å². The van der Waals surface area contributed by atoms with E-state index >= 15 is 0 Å². The first-order valence-corrected chi connectivity index (χ1v) is 7.25. The Morgan fingerprint density at radius 1 is 1.45 bits per heavy atom. The number of hydrogen-bond acceptors (Lipinski definition) is 4. The van der Waals surface area contributed by atoms with Crippen molar-refractivity contribution in [1.82, 2.24) is 19.6 Å². The van der Waals surface area contributed by atoms with E-state index in [2.05, 4.69) is 10.3 Å². The van der Waals surface area contributed by atoms with Gasteiger partial charge < -0.3 is 19.7 Å². The van der Waals surface area contributed by atoms with Crippen LogP contribution in [0.5, 0.6) is 0 Å². The Bertz CT molecular complexity index is 725. The number of piperazine rings is 1.